The second kappa shape index (κ2) is 8.72. The van der Waals surface area contributed by atoms with Crippen molar-refractivity contribution in [2.45, 2.75) is 40.0 Å². The van der Waals surface area contributed by atoms with E-state index >= 15 is 0 Å². The molecule has 0 radical (unpaired) electrons. The van der Waals surface area contributed by atoms with Gasteiger partial charge in [0.15, 0.2) is 5.82 Å². The van der Waals surface area contributed by atoms with Crippen LogP contribution < -0.4 is 10.9 Å². The third-order valence-corrected chi connectivity index (χ3v) is 5.80. The highest BCUT2D eigenvalue weighted by molar-refractivity contribution is 5.81. The van der Waals surface area contributed by atoms with Crippen molar-refractivity contribution >= 4 is 17.4 Å². The van der Waals surface area contributed by atoms with E-state index in [1.165, 1.54) is 12.1 Å². The van der Waals surface area contributed by atoms with Crippen LogP contribution in [-0.4, -0.2) is 38.1 Å². The van der Waals surface area contributed by atoms with Crippen molar-refractivity contribution in [1.82, 2.24) is 14.5 Å². The van der Waals surface area contributed by atoms with Crippen molar-refractivity contribution in [1.29, 1.82) is 0 Å². The van der Waals surface area contributed by atoms with Gasteiger partial charge in [0.25, 0.3) is 5.91 Å². The van der Waals surface area contributed by atoms with Gasteiger partial charge in [-0.2, -0.15) is 0 Å². The molecule has 0 aliphatic carbocycles. The highest BCUT2D eigenvalue weighted by Crippen LogP contribution is 2.36. The normalized spacial score (nSPS) is 14.4. The lowest BCUT2D eigenvalue weighted by Gasteiger charge is -2.32. The van der Waals surface area contributed by atoms with Crippen LogP contribution in [0.3, 0.4) is 0 Å². The maximum atomic E-state index is 13.5. The number of amides is 1. The van der Waals surface area contributed by atoms with Gasteiger partial charge in [0.2, 0.25) is 0 Å². The summed E-state index contributed by atoms with van der Waals surface area (Å²) >= 11 is 0. The van der Waals surface area contributed by atoms with Gasteiger partial charge in [0.05, 0.1) is 12.2 Å². The minimum atomic E-state index is -1.05. The van der Waals surface area contributed by atoms with E-state index in [1.54, 1.807) is 22.0 Å². The lowest BCUT2D eigenvalue weighted by molar-refractivity contribution is -0.144. The number of benzene rings is 2. The molecule has 1 aliphatic heterocycles. The fourth-order valence-electron chi connectivity index (χ4n) is 3.85. The molecule has 1 amide bonds. The van der Waals surface area contributed by atoms with Gasteiger partial charge >= 0.3 is 0 Å². The van der Waals surface area contributed by atoms with Crippen LogP contribution in [0.2, 0.25) is 0 Å². The van der Waals surface area contributed by atoms with E-state index in [0.29, 0.717) is 30.4 Å². The first-order valence-corrected chi connectivity index (χ1v) is 10.7. The van der Waals surface area contributed by atoms with Crippen LogP contribution >= 0.6 is 0 Å². The summed E-state index contributed by atoms with van der Waals surface area (Å²) in [6.45, 7) is 6.81. The molecule has 7 nitrogen and oxygen atoms in total. The zero-order valence-electron chi connectivity index (χ0n) is 18.5. The van der Waals surface area contributed by atoms with Crippen molar-refractivity contribution in [3.8, 4) is 11.3 Å². The average Bonchev–Trinajstić information content (AvgIpc) is 3.17. The molecule has 0 fully saturated rings. The number of nitrogens with two attached hydrogens (primary N) is 1. The molecule has 2 heterocycles. The Labute approximate surface area is 186 Å². The predicted molar refractivity (Wildman–Crippen MR) is 121 cm³/mol. The summed E-state index contributed by atoms with van der Waals surface area (Å²) < 4.78 is 15.5. The second-order valence-corrected chi connectivity index (χ2v) is 8.51. The van der Waals surface area contributed by atoms with Crippen LogP contribution in [0.15, 0.2) is 48.5 Å². The molecule has 0 spiro atoms. The highest BCUT2D eigenvalue weighted by atomic mass is 19.1. The van der Waals surface area contributed by atoms with E-state index < -0.39 is 6.10 Å². The van der Waals surface area contributed by atoms with Crippen LogP contribution in [-0.2, 0) is 17.9 Å². The number of carbonyl (C=O) groups excluding carboxylic acids is 1. The third kappa shape index (κ3) is 4.11. The number of aliphatic hydroxyl groups is 1. The lowest BCUT2D eigenvalue weighted by Crippen LogP contribution is -2.45. The Hall–Kier alpha value is -3.23. The molecule has 3 aromatic rings. The Balaban J connectivity index is 1.76. The van der Waals surface area contributed by atoms with Crippen LogP contribution in [0.5, 0.6) is 0 Å². The molecule has 168 valence electrons. The van der Waals surface area contributed by atoms with Crippen LogP contribution in [0.25, 0.3) is 11.3 Å². The number of aliphatic hydroxyl groups excluding tert-OH is 1. The molecule has 32 heavy (non-hydrogen) atoms. The number of hydrazine groups is 1. The number of hydrogen-bond donors (Lipinski definition) is 2. The van der Waals surface area contributed by atoms with Gasteiger partial charge in [-0.05, 0) is 49.2 Å². The second-order valence-electron chi connectivity index (χ2n) is 8.51. The zero-order valence-corrected chi connectivity index (χ0v) is 18.5. The zero-order chi connectivity index (χ0) is 23.0. The molecule has 0 bridgehead atoms. The molecular formula is C24H28FN5O2. The van der Waals surface area contributed by atoms with E-state index in [4.69, 9.17) is 10.8 Å². The first-order chi connectivity index (χ1) is 15.3. The maximum absolute atomic E-state index is 13.5. The number of aryl methyl sites for hydroxylation is 1. The van der Waals surface area contributed by atoms with Crippen molar-refractivity contribution in [2.24, 2.45) is 11.8 Å². The summed E-state index contributed by atoms with van der Waals surface area (Å²) in [5, 5.41) is 11.8. The highest BCUT2D eigenvalue weighted by Gasteiger charge is 2.32. The van der Waals surface area contributed by atoms with Gasteiger partial charge < -0.3 is 14.6 Å². The summed E-state index contributed by atoms with van der Waals surface area (Å²) in [5.74, 6) is 7.09. The SMILES string of the molecule is Cc1ccc(N(N)c2c(-c3ccc(F)cc3)nc3n2CCN(C(=O)C(O)C(C)C)C3)cc1. The van der Waals surface area contributed by atoms with E-state index in [0.717, 1.165) is 16.8 Å². The Bertz CT molecular complexity index is 1110. The standard InChI is InChI=1S/C24H28FN5O2/c1-15(2)22(31)24(32)28-12-13-29-20(14-28)27-21(17-6-8-18(25)9-7-17)23(29)30(26)19-10-4-16(3)5-11-19/h4-11,15,22,31H,12-14,26H2,1-3H3. The summed E-state index contributed by atoms with van der Waals surface area (Å²) in [5.41, 5.74) is 3.25. The molecule has 1 aliphatic rings. The maximum Gasteiger partial charge on any atom is 0.252 e. The Kier molecular flexibility index (Phi) is 5.99. The van der Waals surface area contributed by atoms with Gasteiger partial charge in [-0.3, -0.25) is 9.80 Å². The van der Waals surface area contributed by atoms with Crippen molar-refractivity contribution in [2.75, 3.05) is 11.6 Å². The average molecular weight is 438 g/mol. The summed E-state index contributed by atoms with van der Waals surface area (Å²) in [7, 11) is 0. The smallest absolute Gasteiger partial charge is 0.252 e. The number of carbonyl (C=O) groups is 1. The number of imidazole rings is 1. The minimum absolute atomic E-state index is 0.171. The number of fused-ring (bicyclic) bond motifs is 1. The minimum Gasteiger partial charge on any atom is -0.383 e. The number of halogens is 1. The number of nitrogens with zero attached hydrogens (tertiary/aromatic N) is 4. The molecule has 8 heteroatoms. The summed E-state index contributed by atoms with van der Waals surface area (Å²) in [6, 6.07) is 13.9. The predicted octanol–water partition coefficient (Wildman–Crippen LogP) is 3.37. The molecule has 4 rings (SSSR count). The quantitative estimate of drug-likeness (QED) is 0.472. The topological polar surface area (TPSA) is 87.6 Å². The summed E-state index contributed by atoms with van der Waals surface area (Å²) in [4.78, 5) is 19.1. The number of anilines is 2. The van der Waals surface area contributed by atoms with Gasteiger partial charge in [-0.1, -0.05) is 31.5 Å². The first-order valence-electron chi connectivity index (χ1n) is 10.7. The van der Waals surface area contributed by atoms with Gasteiger partial charge in [-0.25, -0.2) is 15.2 Å². The molecule has 2 aromatic carbocycles. The molecule has 1 aromatic heterocycles. The lowest BCUT2D eigenvalue weighted by atomic mass is 10.1. The fourth-order valence-corrected chi connectivity index (χ4v) is 3.85. The molecule has 1 atom stereocenters. The first kappa shape index (κ1) is 22.0. The van der Waals surface area contributed by atoms with Crippen molar-refractivity contribution in [3.63, 3.8) is 0 Å². The monoisotopic (exact) mass is 437 g/mol. The fraction of sp³-hybridized carbons (Fsp3) is 0.333. The van der Waals surface area contributed by atoms with E-state index in [2.05, 4.69) is 0 Å². The Morgan fingerprint density at radius 1 is 1.12 bits per heavy atom. The molecule has 3 N–H and O–H groups in total. The van der Waals surface area contributed by atoms with Crippen molar-refractivity contribution < 1.29 is 14.3 Å². The molecule has 0 saturated heterocycles. The van der Waals surface area contributed by atoms with E-state index in [1.807, 2.05) is 49.6 Å². The Morgan fingerprint density at radius 3 is 2.41 bits per heavy atom. The summed E-state index contributed by atoms with van der Waals surface area (Å²) in [6.07, 6.45) is -1.05. The molecule has 1 unspecified atom stereocenters. The van der Waals surface area contributed by atoms with E-state index in [-0.39, 0.29) is 24.2 Å². The van der Waals surface area contributed by atoms with Crippen LogP contribution in [0.4, 0.5) is 15.9 Å². The van der Waals surface area contributed by atoms with Crippen LogP contribution in [0, 0.1) is 18.7 Å². The molecular weight excluding hydrogens is 409 g/mol. The van der Waals surface area contributed by atoms with Gasteiger partial charge in [0.1, 0.15) is 23.4 Å². The van der Waals surface area contributed by atoms with Crippen LogP contribution in [0.1, 0.15) is 25.2 Å². The van der Waals surface area contributed by atoms with Gasteiger partial charge in [0, 0.05) is 18.7 Å². The van der Waals surface area contributed by atoms with E-state index in [9.17, 15) is 14.3 Å². The largest absolute Gasteiger partial charge is 0.383 e. The third-order valence-electron chi connectivity index (χ3n) is 5.80. The van der Waals surface area contributed by atoms with Crippen molar-refractivity contribution in [3.05, 3.63) is 65.7 Å². The molecule has 0 saturated carbocycles. The Morgan fingerprint density at radius 2 is 1.78 bits per heavy atom. The van der Waals surface area contributed by atoms with Gasteiger partial charge in [-0.15, -0.1) is 0 Å². The number of rotatable bonds is 5. The number of aromatic nitrogens is 2. The number of hydrogen-bond acceptors (Lipinski definition) is 5.